The first-order chi connectivity index (χ1) is 17.6. The molecule has 36 heavy (non-hydrogen) atoms. The third-order valence-electron chi connectivity index (χ3n) is 7.75. The first-order valence-corrected chi connectivity index (χ1v) is 13.4. The number of rotatable bonds is 8. The Morgan fingerprint density at radius 3 is 2.53 bits per heavy atom. The summed E-state index contributed by atoms with van der Waals surface area (Å²) >= 11 is 0. The van der Waals surface area contributed by atoms with Gasteiger partial charge in [-0.2, -0.15) is 0 Å². The second-order valence-corrected chi connectivity index (χ2v) is 10.1. The van der Waals surface area contributed by atoms with Gasteiger partial charge in [-0.05, 0) is 54.0 Å². The lowest BCUT2D eigenvalue weighted by molar-refractivity contribution is -0.144. The maximum absolute atomic E-state index is 13.0. The summed E-state index contributed by atoms with van der Waals surface area (Å²) in [5.74, 6) is 0.428. The molecule has 1 aliphatic carbocycles. The van der Waals surface area contributed by atoms with Crippen LogP contribution in [0.15, 0.2) is 48.5 Å². The number of hydrogen-bond acceptors (Lipinski definition) is 6. The van der Waals surface area contributed by atoms with E-state index in [0.29, 0.717) is 25.6 Å². The van der Waals surface area contributed by atoms with Gasteiger partial charge in [-0.15, -0.1) is 0 Å². The SMILES string of the molecule is CCCOC(=O)CCN1CCN(c2ccc3c(c2)[C@@H]2CC3CCN2C(=O)OCc2ccccc2)CC1. The highest BCUT2D eigenvalue weighted by Gasteiger charge is 2.41. The predicted octanol–water partition coefficient (Wildman–Crippen LogP) is 4.72. The topological polar surface area (TPSA) is 62.3 Å². The van der Waals surface area contributed by atoms with Crippen molar-refractivity contribution < 1.29 is 19.1 Å². The third-order valence-corrected chi connectivity index (χ3v) is 7.75. The van der Waals surface area contributed by atoms with Crippen molar-refractivity contribution in [3.05, 3.63) is 65.2 Å². The minimum Gasteiger partial charge on any atom is -0.466 e. The Morgan fingerprint density at radius 1 is 0.944 bits per heavy atom. The average molecular weight is 492 g/mol. The van der Waals surface area contributed by atoms with Gasteiger partial charge in [-0.1, -0.05) is 43.3 Å². The molecule has 192 valence electrons. The number of benzene rings is 2. The van der Waals surface area contributed by atoms with Gasteiger partial charge in [0.25, 0.3) is 0 Å². The van der Waals surface area contributed by atoms with E-state index in [4.69, 9.17) is 9.47 Å². The summed E-state index contributed by atoms with van der Waals surface area (Å²) in [7, 11) is 0. The molecule has 0 aromatic heterocycles. The van der Waals surface area contributed by atoms with Gasteiger partial charge >= 0.3 is 12.1 Å². The van der Waals surface area contributed by atoms with Crippen molar-refractivity contribution in [3.8, 4) is 0 Å². The number of likely N-dealkylation sites (tertiary alicyclic amines) is 1. The molecule has 1 unspecified atom stereocenters. The molecule has 2 aromatic carbocycles. The molecular weight excluding hydrogens is 454 g/mol. The van der Waals surface area contributed by atoms with Crippen LogP contribution in [-0.4, -0.2) is 67.7 Å². The fourth-order valence-corrected chi connectivity index (χ4v) is 5.75. The highest BCUT2D eigenvalue weighted by Crippen LogP contribution is 2.50. The van der Waals surface area contributed by atoms with Gasteiger partial charge in [0.1, 0.15) is 6.61 Å². The number of piperazine rings is 1. The summed E-state index contributed by atoms with van der Waals surface area (Å²) in [6.07, 6.45) is 3.08. The predicted molar refractivity (Wildman–Crippen MR) is 139 cm³/mol. The number of anilines is 1. The molecular formula is C29H37N3O4. The lowest BCUT2D eigenvalue weighted by Crippen LogP contribution is -2.47. The number of hydrogen-bond donors (Lipinski definition) is 0. The normalized spacial score (nSPS) is 21.2. The molecule has 7 heteroatoms. The number of nitrogens with zero attached hydrogens (tertiary/aromatic N) is 3. The molecule has 5 rings (SSSR count). The number of amides is 1. The second-order valence-electron chi connectivity index (χ2n) is 10.1. The van der Waals surface area contributed by atoms with Crippen LogP contribution in [0.4, 0.5) is 10.5 Å². The number of carbonyl (C=O) groups excluding carboxylic acids is 2. The maximum atomic E-state index is 13.0. The molecule has 2 bridgehead atoms. The van der Waals surface area contributed by atoms with E-state index in [1.54, 1.807) is 0 Å². The van der Waals surface area contributed by atoms with Crippen LogP contribution in [0.5, 0.6) is 0 Å². The number of piperidine rings is 1. The Morgan fingerprint density at radius 2 is 1.75 bits per heavy atom. The van der Waals surface area contributed by atoms with Gasteiger partial charge < -0.3 is 19.3 Å². The summed E-state index contributed by atoms with van der Waals surface area (Å²) in [5, 5.41) is 0. The Labute approximate surface area is 214 Å². The average Bonchev–Trinajstić information content (AvgIpc) is 3.21. The lowest BCUT2D eigenvalue weighted by Gasteiger charge is -2.36. The van der Waals surface area contributed by atoms with E-state index in [0.717, 1.165) is 64.1 Å². The highest BCUT2D eigenvalue weighted by molar-refractivity contribution is 5.70. The van der Waals surface area contributed by atoms with E-state index in [1.165, 1.54) is 16.8 Å². The molecule has 2 heterocycles. The number of carbonyl (C=O) groups is 2. The van der Waals surface area contributed by atoms with Gasteiger partial charge in [0.05, 0.1) is 19.1 Å². The van der Waals surface area contributed by atoms with Crippen molar-refractivity contribution in [2.45, 2.75) is 51.2 Å². The molecule has 3 aliphatic rings. The zero-order valence-electron chi connectivity index (χ0n) is 21.2. The minimum atomic E-state index is -0.216. The van der Waals surface area contributed by atoms with Gasteiger partial charge in [-0.25, -0.2) is 4.79 Å². The third kappa shape index (κ3) is 5.51. The zero-order valence-corrected chi connectivity index (χ0v) is 21.2. The minimum absolute atomic E-state index is 0.0948. The Bertz CT molecular complexity index is 1050. The Kier molecular flexibility index (Phi) is 7.75. The molecule has 0 saturated carbocycles. The number of ether oxygens (including phenoxy) is 2. The lowest BCUT2D eigenvalue weighted by atomic mass is 9.96. The molecule has 2 saturated heterocycles. The largest absolute Gasteiger partial charge is 0.466 e. The van der Waals surface area contributed by atoms with E-state index in [9.17, 15) is 9.59 Å². The van der Waals surface area contributed by atoms with E-state index in [-0.39, 0.29) is 18.1 Å². The van der Waals surface area contributed by atoms with Crippen LogP contribution in [0.2, 0.25) is 0 Å². The second kappa shape index (κ2) is 11.3. The van der Waals surface area contributed by atoms with E-state index in [2.05, 4.69) is 28.0 Å². The first kappa shape index (κ1) is 24.6. The van der Waals surface area contributed by atoms with Gasteiger partial charge in [0, 0.05) is 45.0 Å². The maximum Gasteiger partial charge on any atom is 0.410 e. The summed E-state index contributed by atoms with van der Waals surface area (Å²) in [6, 6.07) is 16.8. The van der Waals surface area contributed by atoms with Crippen LogP contribution < -0.4 is 4.90 Å². The van der Waals surface area contributed by atoms with Gasteiger partial charge in [-0.3, -0.25) is 9.69 Å². The van der Waals surface area contributed by atoms with Crippen LogP contribution in [0.25, 0.3) is 0 Å². The smallest absolute Gasteiger partial charge is 0.410 e. The Balaban J connectivity index is 1.18. The summed E-state index contributed by atoms with van der Waals surface area (Å²) in [5.41, 5.74) is 4.91. The molecule has 2 aromatic rings. The fraction of sp³-hybridized carbons (Fsp3) is 0.517. The van der Waals surface area contributed by atoms with E-state index < -0.39 is 0 Å². The molecule has 2 fully saturated rings. The molecule has 7 nitrogen and oxygen atoms in total. The number of esters is 1. The van der Waals surface area contributed by atoms with Crippen LogP contribution >= 0.6 is 0 Å². The standard InChI is InChI=1S/C29H37N3O4/c1-2-18-35-28(33)11-12-30-14-16-31(17-15-30)24-8-9-25-23-10-13-32(27(19-23)26(25)20-24)29(34)36-21-22-6-4-3-5-7-22/h3-9,20,23,27H,2,10-19,21H2,1H3/t23?,27-/m0/s1. The Hall–Kier alpha value is -3.06. The molecule has 2 aliphatic heterocycles. The highest BCUT2D eigenvalue weighted by atomic mass is 16.6. The van der Waals surface area contributed by atoms with Crippen molar-refractivity contribution in [1.82, 2.24) is 9.80 Å². The van der Waals surface area contributed by atoms with E-state index >= 15 is 0 Å². The van der Waals surface area contributed by atoms with Gasteiger partial charge in [0.15, 0.2) is 0 Å². The van der Waals surface area contributed by atoms with Crippen molar-refractivity contribution in [2.75, 3.05) is 50.8 Å². The first-order valence-electron chi connectivity index (χ1n) is 13.4. The molecule has 2 atom stereocenters. The van der Waals surface area contributed by atoms with Gasteiger partial charge in [0.2, 0.25) is 0 Å². The summed E-state index contributed by atoms with van der Waals surface area (Å²) in [4.78, 5) is 31.5. The number of fused-ring (bicyclic) bond motifs is 5. The molecule has 0 radical (unpaired) electrons. The zero-order chi connectivity index (χ0) is 24.9. The molecule has 0 N–H and O–H groups in total. The van der Waals surface area contributed by atoms with Crippen LogP contribution in [0.3, 0.4) is 0 Å². The van der Waals surface area contributed by atoms with Crippen LogP contribution in [-0.2, 0) is 20.9 Å². The van der Waals surface area contributed by atoms with Crippen molar-refractivity contribution in [2.24, 2.45) is 0 Å². The fourth-order valence-electron chi connectivity index (χ4n) is 5.75. The van der Waals surface area contributed by atoms with Crippen molar-refractivity contribution in [1.29, 1.82) is 0 Å². The van der Waals surface area contributed by atoms with Crippen LogP contribution in [0.1, 0.15) is 61.3 Å². The van der Waals surface area contributed by atoms with Crippen molar-refractivity contribution >= 4 is 17.7 Å². The monoisotopic (exact) mass is 491 g/mol. The quantitative estimate of drug-likeness (QED) is 0.498. The van der Waals surface area contributed by atoms with E-state index in [1.807, 2.05) is 42.2 Å². The molecule has 0 spiro atoms. The summed E-state index contributed by atoms with van der Waals surface area (Å²) in [6.45, 7) is 8.04. The summed E-state index contributed by atoms with van der Waals surface area (Å²) < 4.78 is 10.9. The van der Waals surface area contributed by atoms with Crippen LogP contribution in [0, 0.1) is 0 Å². The molecule has 1 amide bonds. The van der Waals surface area contributed by atoms with Crippen molar-refractivity contribution in [3.63, 3.8) is 0 Å².